The van der Waals surface area contributed by atoms with E-state index in [0.717, 1.165) is 12.1 Å². The monoisotopic (exact) mass is 709 g/mol. The highest BCUT2D eigenvalue weighted by Crippen LogP contribution is 2.43. The molecule has 0 amide bonds. The van der Waals surface area contributed by atoms with Crippen LogP contribution in [-0.4, -0.2) is 62.7 Å². The fraction of sp³-hybridized carbons (Fsp3) is 0.375. The molecule has 49 heavy (non-hydrogen) atoms. The Kier molecular flexibility index (Phi) is 8.90. The molecule has 2 aromatic carbocycles. The summed E-state index contributed by atoms with van der Waals surface area (Å²) in [6.45, 7) is 3.12. The second-order valence-corrected chi connectivity index (χ2v) is 12.7. The third-order valence-corrected chi connectivity index (χ3v) is 9.25. The molecule has 1 spiro atoms. The Labute approximate surface area is 280 Å². The number of nitrogens with two attached hydrogens (primary N) is 1. The van der Waals surface area contributed by atoms with Gasteiger partial charge in [0.1, 0.15) is 11.9 Å². The first-order valence-corrected chi connectivity index (χ1v) is 15.5. The zero-order valence-electron chi connectivity index (χ0n) is 25.8. The number of aromatic nitrogens is 4. The van der Waals surface area contributed by atoms with Gasteiger partial charge in [0.2, 0.25) is 17.9 Å². The Morgan fingerprint density at radius 2 is 1.76 bits per heavy atom. The maximum absolute atomic E-state index is 14.8. The molecule has 4 aromatic rings. The van der Waals surface area contributed by atoms with Crippen molar-refractivity contribution >= 4 is 29.3 Å². The number of aryl methyl sites for hydroxylation is 1. The van der Waals surface area contributed by atoms with Crippen LogP contribution in [0.1, 0.15) is 42.2 Å². The zero-order valence-corrected chi connectivity index (χ0v) is 26.6. The number of anilines is 2. The van der Waals surface area contributed by atoms with Crippen LogP contribution < -0.4 is 20.7 Å². The van der Waals surface area contributed by atoms with Gasteiger partial charge >= 0.3 is 18.3 Å². The van der Waals surface area contributed by atoms with Crippen LogP contribution >= 0.6 is 11.6 Å². The number of hydrogen-bond acceptors (Lipinski definition) is 8. The van der Waals surface area contributed by atoms with Crippen molar-refractivity contribution in [3.05, 3.63) is 76.6 Å². The van der Waals surface area contributed by atoms with Crippen molar-refractivity contribution in [2.24, 2.45) is 5.41 Å². The molecule has 2 fully saturated rings. The third-order valence-electron chi connectivity index (χ3n) is 8.94. The number of nitrogen functional groups attached to an aromatic ring is 1. The van der Waals surface area contributed by atoms with Crippen LogP contribution in [0.2, 0.25) is 5.02 Å². The summed E-state index contributed by atoms with van der Waals surface area (Å²) in [7, 11) is 0. The number of piperidine rings is 1. The minimum Gasteiger partial charge on any atom is -0.480 e. The maximum Gasteiger partial charge on any atom is 0.429 e. The first kappa shape index (κ1) is 34.3. The van der Waals surface area contributed by atoms with E-state index < -0.39 is 46.9 Å². The summed E-state index contributed by atoms with van der Waals surface area (Å²) in [6.07, 6.45) is -9.02. The van der Waals surface area contributed by atoms with Crippen LogP contribution in [0, 0.1) is 12.3 Å². The molecule has 10 nitrogen and oxygen atoms in total. The number of carbonyl (C=O) groups is 1. The SMILES string of the molecule is Cc1ccn(-c2cc(-c3ccc(C(F)(F)F)c(Cl)c3)ccc2C(Oc2cc(N3CCC4(CC3)CN[C@H](C(=O)O)C4)nc(N)n2)C(F)(F)F)n1. The fourth-order valence-corrected chi connectivity index (χ4v) is 6.67. The number of rotatable bonds is 7. The minimum atomic E-state index is -4.97. The summed E-state index contributed by atoms with van der Waals surface area (Å²) in [5, 5.41) is 16.1. The van der Waals surface area contributed by atoms with E-state index in [2.05, 4.69) is 20.4 Å². The molecule has 2 aliphatic heterocycles. The molecule has 17 heteroatoms. The highest BCUT2D eigenvalue weighted by Gasteiger charge is 2.46. The van der Waals surface area contributed by atoms with E-state index in [1.54, 1.807) is 13.0 Å². The second-order valence-electron chi connectivity index (χ2n) is 12.3. The van der Waals surface area contributed by atoms with Crippen molar-refractivity contribution in [2.45, 2.75) is 50.7 Å². The number of benzene rings is 2. The van der Waals surface area contributed by atoms with Gasteiger partial charge in [-0.05, 0) is 67.0 Å². The van der Waals surface area contributed by atoms with E-state index in [1.807, 2.05) is 4.90 Å². The van der Waals surface area contributed by atoms with Crippen LogP contribution in [0.3, 0.4) is 0 Å². The van der Waals surface area contributed by atoms with Crippen molar-refractivity contribution in [2.75, 3.05) is 30.3 Å². The average Bonchev–Trinajstić information content (AvgIpc) is 3.65. The summed E-state index contributed by atoms with van der Waals surface area (Å²) >= 11 is 5.93. The molecule has 2 aromatic heterocycles. The Bertz CT molecular complexity index is 1870. The van der Waals surface area contributed by atoms with Gasteiger partial charge in [0.25, 0.3) is 0 Å². The minimum absolute atomic E-state index is 0.0441. The normalized spacial score (nSPS) is 18.5. The van der Waals surface area contributed by atoms with Crippen LogP contribution in [0.4, 0.5) is 38.1 Å². The van der Waals surface area contributed by atoms with E-state index in [9.17, 15) is 36.2 Å². The number of alkyl halides is 6. The average molecular weight is 710 g/mol. The van der Waals surface area contributed by atoms with E-state index >= 15 is 0 Å². The summed E-state index contributed by atoms with van der Waals surface area (Å²) in [5.41, 5.74) is 5.31. The first-order valence-electron chi connectivity index (χ1n) is 15.1. The molecule has 0 aliphatic carbocycles. The first-order chi connectivity index (χ1) is 23.0. The molecular formula is C32H30ClF6N7O3. The molecule has 0 bridgehead atoms. The Balaban J connectivity index is 1.32. The molecule has 0 saturated carbocycles. The zero-order chi connectivity index (χ0) is 35.3. The van der Waals surface area contributed by atoms with Crippen LogP contribution in [0.25, 0.3) is 16.8 Å². The summed E-state index contributed by atoms with van der Waals surface area (Å²) < 4.78 is 91.2. The van der Waals surface area contributed by atoms with Crippen LogP contribution in [0.15, 0.2) is 54.7 Å². The quantitative estimate of drug-likeness (QED) is 0.182. The molecule has 2 atom stereocenters. The van der Waals surface area contributed by atoms with Crippen molar-refractivity contribution in [3.63, 3.8) is 0 Å². The predicted molar refractivity (Wildman–Crippen MR) is 168 cm³/mol. The van der Waals surface area contributed by atoms with Crippen molar-refractivity contribution < 1.29 is 41.0 Å². The summed E-state index contributed by atoms with van der Waals surface area (Å²) in [5.74, 6) is -1.38. The topological polar surface area (TPSA) is 131 Å². The summed E-state index contributed by atoms with van der Waals surface area (Å²) in [6, 6.07) is 9.16. The molecule has 260 valence electrons. The van der Waals surface area contributed by atoms with Crippen LogP contribution in [0.5, 0.6) is 5.88 Å². The number of carboxylic acids is 1. The Morgan fingerprint density at radius 3 is 2.35 bits per heavy atom. The Hall–Kier alpha value is -4.57. The van der Waals surface area contributed by atoms with E-state index in [-0.39, 0.29) is 39.6 Å². The van der Waals surface area contributed by atoms with Crippen LogP contribution in [-0.2, 0) is 11.0 Å². The van der Waals surface area contributed by atoms with Gasteiger partial charge < -0.3 is 25.8 Å². The molecule has 6 rings (SSSR count). The largest absolute Gasteiger partial charge is 0.480 e. The molecule has 0 radical (unpaired) electrons. The van der Waals surface area contributed by atoms with Gasteiger partial charge in [0, 0.05) is 37.5 Å². The van der Waals surface area contributed by atoms with E-state index in [0.29, 0.717) is 44.6 Å². The molecule has 4 heterocycles. The number of aliphatic carboxylic acids is 1. The predicted octanol–water partition coefficient (Wildman–Crippen LogP) is 6.61. The smallest absolute Gasteiger partial charge is 0.429 e. The molecule has 2 saturated heterocycles. The highest BCUT2D eigenvalue weighted by molar-refractivity contribution is 6.31. The van der Waals surface area contributed by atoms with Crippen molar-refractivity contribution in [1.82, 2.24) is 25.1 Å². The van der Waals surface area contributed by atoms with Gasteiger partial charge in [-0.1, -0.05) is 29.8 Å². The lowest BCUT2D eigenvalue weighted by molar-refractivity contribution is -0.198. The van der Waals surface area contributed by atoms with Gasteiger partial charge in [-0.2, -0.15) is 41.4 Å². The summed E-state index contributed by atoms with van der Waals surface area (Å²) in [4.78, 5) is 21.4. The van der Waals surface area contributed by atoms with Gasteiger partial charge in [0.15, 0.2) is 0 Å². The Morgan fingerprint density at radius 1 is 1.06 bits per heavy atom. The number of hydrogen-bond donors (Lipinski definition) is 3. The lowest BCUT2D eigenvalue weighted by Gasteiger charge is -2.39. The third kappa shape index (κ3) is 7.25. The fourth-order valence-electron chi connectivity index (χ4n) is 6.38. The number of carboxylic acid groups (broad SMARTS) is 1. The number of nitrogens with one attached hydrogen (secondary N) is 1. The number of nitrogens with zero attached hydrogens (tertiary/aromatic N) is 5. The number of halogens is 7. The van der Waals surface area contributed by atoms with Crippen molar-refractivity contribution in [1.29, 1.82) is 0 Å². The second kappa shape index (κ2) is 12.7. The molecule has 4 N–H and O–H groups in total. The molecule has 2 aliphatic rings. The van der Waals surface area contributed by atoms with E-state index in [4.69, 9.17) is 22.1 Å². The van der Waals surface area contributed by atoms with Crippen molar-refractivity contribution in [3.8, 4) is 22.7 Å². The number of ether oxygens (including phenoxy) is 1. The van der Waals surface area contributed by atoms with Gasteiger partial charge in [-0.25, -0.2) is 4.68 Å². The lowest BCUT2D eigenvalue weighted by Crippen LogP contribution is -2.41. The van der Waals surface area contributed by atoms with Gasteiger partial charge in [0.05, 0.1) is 22.0 Å². The maximum atomic E-state index is 14.8. The highest BCUT2D eigenvalue weighted by atomic mass is 35.5. The molecular weight excluding hydrogens is 680 g/mol. The lowest BCUT2D eigenvalue weighted by atomic mass is 9.76. The molecule has 1 unspecified atom stereocenters. The standard InChI is InChI=1S/C32H30ClF6N7O3/c1-17-6-9-46(44-17)24-13-19(18-3-5-21(22(33)12-18)31(34,35)36)2-4-20(24)27(32(37,38)39)49-26-14-25(42-29(40)43-26)45-10-7-30(8-11-45)15-23(28(47)48)41-16-30/h2-6,9,12-14,23,27,41H,7-8,10-11,15-16H2,1H3,(H,47,48)(H2,40,42,43)/t23-,27?/m0/s1. The van der Waals surface area contributed by atoms with Gasteiger partial charge in [-0.3, -0.25) is 4.79 Å². The van der Waals surface area contributed by atoms with E-state index in [1.165, 1.54) is 41.2 Å². The van der Waals surface area contributed by atoms with Gasteiger partial charge in [-0.15, -0.1) is 0 Å².